The Balaban J connectivity index is 2.16. The maximum Gasteiger partial charge on any atom is 0.320 e. The fraction of sp³-hybridized carbons (Fsp3) is 0.467. The van der Waals surface area contributed by atoms with Crippen LogP contribution in [0.3, 0.4) is 0 Å². The number of carboxylic acids is 1. The molecule has 2 unspecified atom stereocenters. The van der Waals surface area contributed by atoms with E-state index < -0.39 is 17.9 Å². The number of para-hydroxylation sites is 1. The van der Waals surface area contributed by atoms with Gasteiger partial charge < -0.3 is 14.6 Å². The lowest BCUT2D eigenvalue weighted by Gasteiger charge is -2.27. The van der Waals surface area contributed by atoms with Crippen molar-refractivity contribution in [3.8, 4) is 5.75 Å². The zero-order chi connectivity index (χ0) is 14.5. The largest absolute Gasteiger partial charge is 0.493 e. The van der Waals surface area contributed by atoms with E-state index in [1.807, 2.05) is 24.3 Å². The van der Waals surface area contributed by atoms with Crippen molar-refractivity contribution in [2.45, 2.75) is 25.7 Å². The second-order valence-electron chi connectivity index (χ2n) is 4.75. The van der Waals surface area contributed by atoms with Crippen molar-refractivity contribution in [1.82, 2.24) is 0 Å². The van der Waals surface area contributed by atoms with Crippen molar-refractivity contribution in [2.75, 3.05) is 13.2 Å². The van der Waals surface area contributed by atoms with E-state index in [0.29, 0.717) is 13.0 Å². The number of carbonyl (C=O) groups excluding carboxylic acids is 1. The summed E-state index contributed by atoms with van der Waals surface area (Å²) in [6, 6.07) is 7.55. The first kappa shape index (κ1) is 14.4. The minimum atomic E-state index is -1.13. The summed E-state index contributed by atoms with van der Waals surface area (Å²) >= 11 is 0. The number of hydrogen-bond donors (Lipinski definition) is 1. The molecule has 108 valence electrons. The van der Waals surface area contributed by atoms with E-state index in [0.717, 1.165) is 11.3 Å². The molecule has 2 atom stereocenters. The molecule has 20 heavy (non-hydrogen) atoms. The van der Waals surface area contributed by atoms with Crippen LogP contribution in [0.5, 0.6) is 5.75 Å². The lowest BCUT2D eigenvalue weighted by atomic mass is 9.85. The third kappa shape index (κ3) is 3.10. The van der Waals surface area contributed by atoms with Gasteiger partial charge in [0.2, 0.25) is 0 Å². The van der Waals surface area contributed by atoms with Crippen LogP contribution in [-0.4, -0.2) is 30.3 Å². The monoisotopic (exact) mass is 278 g/mol. The Morgan fingerprint density at radius 1 is 1.45 bits per heavy atom. The Kier molecular flexibility index (Phi) is 4.61. The molecule has 5 heteroatoms. The number of benzene rings is 1. The minimum absolute atomic E-state index is 0.00505. The number of carboxylic acid groups (broad SMARTS) is 1. The molecule has 1 heterocycles. The molecule has 0 spiro atoms. The Labute approximate surface area is 117 Å². The summed E-state index contributed by atoms with van der Waals surface area (Å²) in [5.41, 5.74) is 0.967. The molecule has 1 N–H and O–H groups in total. The molecule has 0 radical (unpaired) electrons. The smallest absolute Gasteiger partial charge is 0.320 e. The van der Waals surface area contributed by atoms with Gasteiger partial charge in [-0.25, -0.2) is 0 Å². The lowest BCUT2D eigenvalue weighted by molar-refractivity contribution is -0.158. The standard InChI is InChI=1S/C15H18O5/c1-2-19-15(18)12(14(16)17)9-10-7-8-20-13-6-4-3-5-11(10)13/h3-6,10,12H,2,7-9H2,1H3,(H,16,17). The van der Waals surface area contributed by atoms with E-state index in [-0.39, 0.29) is 18.9 Å². The molecule has 0 fully saturated rings. The highest BCUT2D eigenvalue weighted by Gasteiger charge is 2.33. The molecule has 0 aromatic heterocycles. The first-order valence-corrected chi connectivity index (χ1v) is 6.74. The highest BCUT2D eigenvalue weighted by atomic mass is 16.5. The van der Waals surface area contributed by atoms with Gasteiger partial charge in [0, 0.05) is 0 Å². The molecular formula is C15H18O5. The van der Waals surface area contributed by atoms with Gasteiger partial charge in [-0.3, -0.25) is 9.59 Å². The number of fused-ring (bicyclic) bond motifs is 1. The summed E-state index contributed by atoms with van der Waals surface area (Å²) in [4.78, 5) is 23.0. The number of rotatable bonds is 5. The topological polar surface area (TPSA) is 72.8 Å². The molecule has 5 nitrogen and oxygen atoms in total. The highest BCUT2D eigenvalue weighted by Crippen LogP contribution is 2.37. The Hall–Kier alpha value is -2.04. The van der Waals surface area contributed by atoms with Crippen molar-refractivity contribution in [2.24, 2.45) is 5.92 Å². The van der Waals surface area contributed by atoms with Crippen LogP contribution in [0.2, 0.25) is 0 Å². The maximum absolute atomic E-state index is 11.7. The van der Waals surface area contributed by atoms with Gasteiger partial charge in [0.25, 0.3) is 0 Å². The number of ether oxygens (including phenoxy) is 2. The molecule has 0 amide bonds. The van der Waals surface area contributed by atoms with E-state index in [4.69, 9.17) is 9.47 Å². The van der Waals surface area contributed by atoms with Gasteiger partial charge in [-0.15, -0.1) is 0 Å². The van der Waals surface area contributed by atoms with Crippen LogP contribution in [-0.2, 0) is 14.3 Å². The van der Waals surface area contributed by atoms with Gasteiger partial charge in [0.1, 0.15) is 5.75 Å². The van der Waals surface area contributed by atoms with Gasteiger partial charge in [-0.1, -0.05) is 18.2 Å². The number of carbonyl (C=O) groups is 2. The van der Waals surface area contributed by atoms with Crippen LogP contribution >= 0.6 is 0 Å². The molecule has 0 bridgehead atoms. The average Bonchev–Trinajstić information content (AvgIpc) is 2.44. The second kappa shape index (κ2) is 6.41. The molecule has 2 rings (SSSR count). The molecule has 0 aliphatic carbocycles. The number of hydrogen-bond acceptors (Lipinski definition) is 4. The van der Waals surface area contributed by atoms with E-state index in [1.54, 1.807) is 6.92 Å². The van der Waals surface area contributed by atoms with Crippen LogP contribution < -0.4 is 4.74 Å². The Morgan fingerprint density at radius 2 is 2.20 bits per heavy atom. The fourth-order valence-corrected chi connectivity index (χ4v) is 2.49. The van der Waals surface area contributed by atoms with Crippen LogP contribution in [0, 0.1) is 5.92 Å². The summed E-state index contributed by atoms with van der Waals surface area (Å²) in [7, 11) is 0. The minimum Gasteiger partial charge on any atom is -0.493 e. The van der Waals surface area contributed by atoms with Gasteiger partial charge in [-0.2, -0.15) is 0 Å². The van der Waals surface area contributed by atoms with Crippen LogP contribution in [0.25, 0.3) is 0 Å². The maximum atomic E-state index is 11.7. The van der Waals surface area contributed by atoms with Crippen LogP contribution in [0.1, 0.15) is 31.2 Å². The van der Waals surface area contributed by atoms with Crippen molar-refractivity contribution < 1.29 is 24.2 Å². The molecule has 0 saturated heterocycles. The normalized spacial score (nSPS) is 18.6. The Bertz CT molecular complexity index is 497. The molecule has 0 saturated carbocycles. The van der Waals surface area contributed by atoms with E-state index >= 15 is 0 Å². The molecule has 1 aliphatic heterocycles. The van der Waals surface area contributed by atoms with Crippen LogP contribution in [0.4, 0.5) is 0 Å². The number of aliphatic carboxylic acids is 1. The predicted octanol–water partition coefficient (Wildman–Crippen LogP) is 2.21. The van der Waals surface area contributed by atoms with E-state index in [9.17, 15) is 14.7 Å². The first-order valence-electron chi connectivity index (χ1n) is 6.74. The van der Waals surface area contributed by atoms with Crippen molar-refractivity contribution >= 4 is 11.9 Å². The average molecular weight is 278 g/mol. The van der Waals surface area contributed by atoms with Crippen LogP contribution in [0.15, 0.2) is 24.3 Å². The summed E-state index contributed by atoms with van der Waals surface area (Å²) in [6.45, 7) is 2.39. The van der Waals surface area contributed by atoms with Crippen molar-refractivity contribution in [3.63, 3.8) is 0 Å². The first-order chi connectivity index (χ1) is 9.63. The van der Waals surface area contributed by atoms with Gasteiger partial charge >= 0.3 is 11.9 Å². The van der Waals surface area contributed by atoms with Gasteiger partial charge in [0.05, 0.1) is 13.2 Å². The third-order valence-corrected chi connectivity index (χ3v) is 3.47. The van der Waals surface area contributed by atoms with Crippen molar-refractivity contribution in [1.29, 1.82) is 0 Å². The van der Waals surface area contributed by atoms with E-state index in [2.05, 4.69) is 0 Å². The summed E-state index contributed by atoms with van der Waals surface area (Å²) in [6.07, 6.45) is 0.953. The third-order valence-electron chi connectivity index (χ3n) is 3.47. The fourth-order valence-electron chi connectivity index (χ4n) is 2.49. The molecule has 1 aromatic carbocycles. The zero-order valence-electron chi connectivity index (χ0n) is 11.4. The quantitative estimate of drug-likeness (QED) is 0.660. The Morgan fingerprint density at radius 3 is 2.90 bits per heavy atom. The summed E-state index contributed by atoms with van der Waals surface area (Å²) in [5.74, 6) is -2.13. The predicted molar refractivity (Wildman–Crippen MR) is 71.7 cm³/mol. The van der Waals surface area contributed by atoms with Gasteiger partial charge in [0.15, 0.2) is 5.92 Å². The SMILES string of the molecule is CCOC(=O)C(CC1CCOc2ccccc21)C(=O)O. The number of esters is 1. The summed E-state index contributed by atoms with van der Waals surface area (Å²) in [5, 5.41) is 9.22. The highest BCUT2D eigenvalue weighted by molar-refractivity contribution is 5.94. The van der Waals surface area contributed by atoms with Crippen molar-refractivity contribution in [3.05, 3.63) is 29.8 Å². The molecule has 1 aliphatic rings. The second-order valence-corrected chi connectivity index (χ2v) is 4.75. The molecular weight excluding hydrogens is 260 g/mol. The summed E-state index contributed by atoms with van der Waals surface area (Å²) < 4.78 is 10.4. The zero-order valence-corrected chi connectivity index (χ0v) is 11.4. The molecule has 1 aromatic rings. The lowest BCUT2D eigenvalue weighted by Crippen LogP contribution is -2.29. The van der Waals surface area contributed by atoms with E-state index in [1.165, 1.54) is 0 Å². The van der Waals surface area contributed by atoms with Gasteiger partial charge in [-0.05, 0) is 37.3 Å².